The maximum atomic E-state index is 13.0. The molecule has 1 aromatic heterocycles. The first-order valence-corrected chi connectivity index (χ1v) is 11.1. The molecule has 2 aromatic rings. The van der Waals surface area contributed by atoms with Crippen LogP contribution in [0, 0.1) is 21.4 Å². The van der Waals surface area contributed by atoms with Gasteiger partial charge in [0.1, 0.15) is 5.69 Å². The van der Waals surface area contributed by atoms with E-state index in [0.717, 1.165) is 6.54 Å². The molecule has 0 aliphatic carbocycles. The molecular formula is C23H32N6O4. The van der Waals surface area contributed by atoms with Gasteiger partial charge in [-0.15, -0.1) is 0 Å². The molecule has 1 aliphatic heterocycles. The second kappa shape index (κ2) is 10.1. The largest absolute Gasteiger partial charge is 0.355 e. The van der Waals surface area contributed by atoms with Crippen LogP contribution in [0.1, 0.15) is 37.0 Å². The SMILES string of the molecule is CN(C)CC(C)(C)CNC(=O)C1CCN(C(=O)c2ccc(-n3ccnc3)c([N+](=O)[O-])c2)CC1. The molecule has 178 valence electrons. The number of benzene rings is 1. The van der Waals surface area contributed by atoms with Gasteiger partial charge in [0.2, 0.25) is 5.91 Å². The van der Waals surface area contributed by atoms with Crippen molar-refractivity contribution in [3.8, 4) is 5.69 Å². The summed E-state index contributed by atoms with van der Waals surface area (Å²) in [6, 6.07) is 4.46. The fraction of sp³-hybridized carbons (Fsp3) is 0.522. The third-order valence-electron chi connectivity index (χ3n) is 5.84. The first-order valence-electron chi connectivity index (χ1n) is 11.1. The van der Waals surface area contributed by atoms with E-state index < -0.39 is 4.92 Å². The molecular weight excluding hydrogens is 424 g/mol. The van der Waals surface area contributed by atoms with E-state index in [2.05, 4.69) is 29.0 Å². The summed E-state index contributed by atoms with van der Waals surface area (Å²) in [6.07, 6.45) is 5.76. The quantitative estimate of drug-likeness (QED) is 0.482. The highest BCUT2D eigenvalue weighted by Gasteiger charge is 2.30. The van der Waals surface area contributed by atoms with Gasteiger partial charge in [0, 0.05) is 56.1 Å². The van der Waals surface area contributed by atoms with Gasteiger partial charge in [0.05, 0.1) is 11.3 Å². The molecule has 2 amide bonds. The number of likely N-dealkylation sites (tertiary alicyclic amines) is 1. The summed E-state index contributed by atoms with van der Waals surface area (Å²) in [4.78, 5) is 44.4. The van der Waals surface area contributed by atoms with Crippen molar-refractivity contribution < 1.29 is 14.5 Å². The number of nitro groups is 1. The van der Waals surface area contributed by atoms with Crippen molar-refractivity contribution in [1.29, 1.82) is 0 Å². The van der Waals surface area contributed by atoms with Gasteiger partial charge in [0.15, 0.2) is 0 Å². The van der Waals surface area contributed by atoms with Gasteiger partial charge < -0.3 is 19.7 Å². The Morgan fingerprint density at radius 1 is 1.27 bits per heavy atom. The molecule has 0 atom stereocenters. The van der Waals surface area contributed by atoms with Gasteiger partial charge in [-0.25, -0.2) is 4.98 Å². The summed E-state index contributed by atoms with van der Waals surface area (Å²) < 4.78 is 1.54. The third-order valence-corrected chi connectivity index (χ3v) is 5.84. The van der Waals surface area contributed by atoms with E-state index in [-0.39, 0.29) is 34.4 Å². The number of hydrogen-bond acceptors (Lipinski definition) is 6. The summed E-state index contributed by atoms with van der Waals surface area (Å²) in [6.45, 7) is 6.57. The fourth-order valence-electron chi connectivity index (χ4n) is 4.33. The fourth-order valence-corrected chi connectivity index (χ4v) is 4.33. The molecule has 10 heteroatoms. The first-order chi connectivity index (χ1) is 15.6. The smallest absolute Gasteiger partial charge is 0.294 e. The van der Waals surface area contributed by atoms with Crippen LogP contribution in [0.4, 0.5) is 5.69 Å². The topological polar surface area (TPSA) is 114 Å². The van der Waals surface area contributed by atoms with Crippen LogP contribution in [0.15, 0.2) is 36.9 Å². The van der Waals surface area contributed by atoms with E-state index >= 15 is 0 Å². The number of imidazole rings is 1. The number of amides is 2. The van der Waals surface area contributed by atoms with Crippen molar-refractivity contribution >= 4 is 17.5 Å². The van der Waals surface area contributed by atoms with Gasteiger partial charge in [-0.2, -0.15) is 0 Å². The molecule has 0 radical (unpaired) electrons. The maximum absolute atomic E-state index is 13.0. The zero-order valence-corrected chi connectivity index (χ0v) is 19.7. The number of nitrogens with one attached hydrogen (secondary N) is 1. The minimum absolute atomic E-state index is 0.0225. The van der Waals surface area contributed by atoms with Crippen LogP contribution in [-0.4, -0.2) is 76.4 Å². The lowest BCUT2D eigenvalue weighted by atomic mass is 9.91. The van der Waals surface area contributed by atoms with E-state index in [1.54, 1.807) is 23.2 Å². The minimum Gasteiger partial charge on any atom is -0.355 e. The average Bonchev–Trinajstić information content (AvgIpc) is 3.30. The van der Waals surface area contributed by atoms with Crippen molar-refractivity contribution in [3.05, 3.63) is 52.6 Å². The van der Waals surface area contributed by atoms with Crippen molar-refractivity contribution in [3.63, 3.8) is 0 Å². The van der Waals surface area contributed by atoms with E-state index in [0.29, 0.717) is 38.2 Å². The average molecular weight is 457 g/mol. The highest BCUT2D eigenvalue weighted by Crippen LogP contribution is 2.26. The van der Waals surface area contributed by atoms with Crippen molar-refractivity contribution in [2.24, 2.45) is 11.3 Å². The predicted octanol–water partition coefficient (Wildman–Crippen LogP) is 2.34. The molecule has 1 aliphatic rings. The molecule has 0 unspecified atom stereocenters. The number of nitrogens with zero attached hydrogens (tertiary/aromatic N) is 5. The molecule has 0 bridgehead atoms. The molecule has 33 heavy (non-hydrogen) atoms. The van der Waals surface area contributed by atoms with Crippen molar-refractivity contribution in [2.45, 2.75) is 26.7 Å². The lowest BCUT2D eigenvalue weighted by molar-refractivity contribution is -0.384. The molecule has 1 fully saturated rings. The number of nitro benzene ring substituents is 1. The Morgan fingerprint density at radius 3 is 2.55 bits per heavy atom. The summed E-state index contributed by atoms with van der Waals surface area (Å²) in [5.74, 6) is -0.377. The van der Waals surface area contributed by atoms with Crippen LogP contribution in [-0.2, 0) is 4.79 Å². The Morgan fingerprint density at radius 2 is 1.97 bits per heavy atom. The van der Waals surface area contributed by atoms with Gasteiger partial charge in [-0.05, 0) is 44.5 Å². The second-order valence-electron chi connectivity index (χ2n) is 9.62. The van der Waals surface area contributed by atoms with Crippen LogP contribution in [0.5, 0.6) is 0 Å². The Labute approximate surface area is 193 Å². The Hall–Kier alpha value is -3.27. The summed E-state index contributed by atoms with van der Waals surface area (Å²) in [5.41, 5.74) is 0.418. The number of aromatic nitrogens is 2. The highest BCUT2D eigenvalue weighted by molar-refractivity contribution is 5.95. The molecule has 1 aromatic carbocycles. The number of rotatable bonds is 8. The molecule has 0 spiro atoms. The normalized spacial score (nSPS) is 15.0. The van der Waals surface area contributed by atoms with Crippen LogP contribution >= 0.6 is 0 Å². The standard InChI is InChI=1S/C23H32N6O4/c1-23(2,15-26(3)4)14-25-21(30)17-7-10-27(11-8-17)22(31)18-5-6-19(20(13-18)29(32)33)28-12-9-24-16-28/h5-6,9,12-13,16-17H,7-8,10-11,14-15H2,1-4H3,(H,25,30). The monoisotopic (exact) mass is 456 g/mol. The molecule has 1 N–H and O–H groups in total. The molecule has 10 nitrogen and oxygen atoms in total. The van der Waals surface area contributed by atoms with Crippen LogP contribution in [0.3, 0.4) is 0 Å². The summed E-state index contributed by atoms with van der Waals surface area (Å²) >= 11 is 0. The second-order valence-corrected chi connectivity index (χ2v) is 9.62. The maximum Gasteiger partial charge on any atom is 0.294 e. The van der Waals surface area contributed by atoms with E-state index in [1.165, 1.54) is 23.2 Å². The lowest BCUT2D eigenvalue weighted by Gasteiger charge is -2.33. The zero-order chi connectivity index (χ0) is 24.2. The molecule has 2 heterocycles. The lowest BCUT2D eigenvalue weighted by Crippen LogP contribution is -2.46. The highest BCUT2D eigenvalue weighted by atomic mass is 16.6. The van der Waals surface area contributed by atoms with E-state index in [1.807, 2.05) is 14.1 Å². The number of carbonyl (C=O) groups is 2. The number of carbonyl (C=O) groups excluding carboxylic acids is 2. The van der Waals surface area contributed by atoms with Gasteiger partial charge in [-0.1, -0.05) is 13.8 Å². The number of piperidine rings is 1. The molecule has 3 rings (SSSR count). The Bertz CT molecular complexity index is 994. The minimum atomic E-state index is -0.500. The molecule has 0 saturated carbocycles. The first kappa shape index (κ1) is 24.4. The zero-order valence-electron chi connectivity index (χ0n) is 19.7. The third kappa shape index (κ3) is 6.16. The van der Waals surface area contributed by atoms with Gasteiger partial charge in [-0.3, -0.25) is 19.7 Å². The van der Waals surface area contributed by atoms with Crippen molar-refractivity contribution in [2.75, 3.05) is 40.3 Å². The van der Waals surface area contributed by atoms with Gasteiger partial charge in [0.25, 0.3) is 11.6 Å². The van der Waals surface area contributed by atoms with Crippen LogP contribution in [0.2, 0.25) is 0 Å². The predicted molar refractivity (Wildman–Crippen MR) is 124 cm³/mol. The number of hydrogen-bond donors (Lipinski definition) is 1. The summed E-state index contributed by atoms with van der Waals surface area (Å²) in [5, 5.41) is 14.6. The van der Waals surface area contributed by atoms with Gasteiger partial charge >= 0.3 is 0 Å². The van der Waals surface area contributed by atoms with E-state index in [4.69, 9.17) is 0 Å². The van der Waals surface area contributed by atoms with Crippen molar-refractivity contribution in [1.82, 2.24) is 24.7 Å². The Balaban J connectivity index is 1.60. The summed E-state index contributed by atoms with van der Waals surface area (Å²) in [7, 11) is 4.02. The van der Waals surface area contributed by atoms with Crippen LogP contribution in [0.25, 0.3) is 5.69 Å². The van der Waals surface area contributed by atoms with E-state index in [9.17, 15) is 19.7 Å². The Kier molecular flexibility index (Phi) is 7.47. The molecule has 1 saturated heterocycles. The van der Waals surface area contributed by atoms with Crippen LogP contribution < -0.4 is 5.32 Å².